The fourth-order valence-electron chi connectivity index (χ4n) is 3.84. The highest BCUT2D eigenvalue weighted by atomic mass is 16.1. The number of aromatic amines is 1. The van der Waals surface area contributed by atoms with Crippen molar-refractivity contribution in [1.82, 2.24) is 20.5 Å². The van der Waals surface area contributed by atoms with Crippen LogP contribution in [0.1, 0.15) is 51.3 Å². The molecule has 0 atom stereocenters. The van der Waals surface area contributed by atoms with Crippen LogP contribution in [0.4, 0.5) is 0 Å². The van der Waals surface area contributed by atoms with Crippen LogP contribution in [-0.4, -0.2) is 27.6 Å². The molecule has 2 heterocycles. The van der Waals surface area contributed by atoms with Crippen LogP contribution in [0.2, 0.25) is 0 Å². The van der Waals surface area contributed by atoms with E-state index in [1.807, 2.05) is 42.5 Å². The Morgan fingerprint density at radius 1 is 1.07 bits per heavy atom. The van der Waals surface area contributed by atoms with Gasteiger partial charge in [-0.3, -0.25) is 14.6 Å². The molecule has 29 heavy (non-hydrogen) atoms. The average molecular weight is 388 g/mol. The van der Waals surface area contributed by atoms with Gasteiger partial charge in [-0.05, 0) is 61.1 Å². The van der Waals surface area contributed by atoms with E-state index in [-0.39, 0.29) is 11.5 Å². The minimum Gasteiger partial charge on any atom is -0.352 e. The number of nitrogens with zero attached hydrogens (tertiary/aromatic N) is 2. The van der Waals surface area contributed by atoms with E-state index in [0.717, 1.165) is 53.8 Å². The van der Waals surface area contributed by atoms with Gasteiger partial charge in [-0.15, -0.1) is 0 Å². The van der Waals surface area contributed by atoms with Gasteiger partial charge < -0.3 is 5.32 Å². The second kappa shape index (κ2) is 8.82. The van der Waals surface area contributed by atoms with E-state index in [4.69, 9.17) is 0 Å². The molecule has 3 aromatic rings. The van der Waals surface area contributed by atoms with Crippen molar-refractivity contribution in [2.24, 2.45) is 0 Å². The van der Waals surface area contributed by atoms with Crippen molar-refractivity contribution in [3.8, 4) is 0 Å². The van der Waals surface area contributed by atoms with Crippen molar-refractivity contribution in [2.45, 2.75) is 38.5 Å². The van der Waals surface area contributed by atoms with Gasteiger partial charge in [0.05, 0.1) is 5.69 Å². The Labute approximate surface area is 169 Å². The Balaban J connectivity index is 1.44. The van der Waals surface area contributed by atoms with Gasteiger partial charge in [0.2, 0.25) is 0 Å². The van der Waals surface area contributed by atoms with E-state index < -0.39 is 0 Å². The summed E-state index contributed by atoms with van der Waals surface area (Å²) in [7, 11) is 0. The van der Waals surface area contributed by atoms with Crippen LogP contribution in [0.3, 0.4) is 0 Å². The number of H-pyrrole nitrogens is 1. The number of carbonyl (C=O) groups is 1. The highest BCUT2D eigenvalue weighted by Gasteiger charge is 2.18. The zero-order valence-electron chi connectivity index (χ0n) is 16.3. The molecule has 148 valence electrons. The zero-order valence-corrected chi connectivity index (χ0v) is 16.3. The summed E-state index contributed by atoms with van der Waals surface area (Å²) in [4.78, 5) is 28.8. The fourth-order valence-corrected chi connectivity index (χ4v) is 3.84. The van der Waals surface area contributed by atoms with E-state index in [0.29, 0.717) is 24.9 Å². The number of benzene rings is 1. The lowest BCUT2D eigenvalue weighted by molar-refractivity contribution is 0.0954. The maximum absolute atomic E-state index is 12.5. The van der Waals surface area contributed by atoms with Crippen molar-refractivity contribution in [2.75, 3.05) is 6.54 Å². The molecule has 0 radical (unpaired) electrons. The number of amides is 1. The highest BCUT2D eigenvalue weighted by molar-refractivity contribution is 5.94. The molecular formula is C23H24N4O2. The molecule has 0 saturated heterocycles. The van der Waals surface area contributed by atoms with E-state index in [1.165, 1.54) is 0 Å². The molecule has 1 amide bonds. The van der Waals surface area contributed by atoms with Gasteiger partial charge in [0.25, 0.3) is 11.5 Å². The Morgan fingerprint density at radius 2 is 1.93 bits per heavy atom. The van der Waals surface area contributed by atoms with Crippen LogP contribution in [0.25, 0.3) is 0 Å². The van der Waals surface area contributed by atoms with E-state index in [9.17, 15) is 9.59 Å². The average Bonchev–Trinajstić information content (AvgIpc) is 2.77. The van der Waals surface area contributed by atoms with Crippen LogP contribution < -0.4 is 10.9 Å². The molecule has 2 aromatic heterocycles. The standard InChI is InChI=1S/C23H24N4O2/c28-22(25-13-11-18-8-3-4-12-24-18)17-7-5-6-16(14-17)15-21-19-9-1-2-10-20(19)23(29)27-26-21/h3-8,12,14H,1-2,9-11,13,15H2,(H,25,28)(H,27,29). The van der Waals surface area contributed by atoms with Crippen LogP contribution in [-0.2, 0) is 25.7 Å². The number of pyridine rings is 1. The summed E-state index contributed by atoms with van der Waals surface area (Å²) < 4.78 is 0. The summed E-state index contributed by atoms with van der Waals surface area (Å²) in [6.07, 6.45) is 6.91. The lowest BCUT2D eigenvalue weighted by atomic mass is 9.90. The molecule has 0 saturated carbocycles. The number of aromatic nitrogens is 3. The Bertz CT molecular complexity index is 1060. The third-order valence-electron chi connectivity index (χ3n) is 5.34. The topological polar surface area (TPSA) is 87.7 Å². The molecule has 0 bridgehead atoms. The molecule has 2 N–H and O–H groups in total. The van der Waals surface area contributed by atoms with Gasteiger partial charge in [0, 0.05) is 42.4 Å². The second-order valence-electron chi connectivity index (χ2n) is 7.37. The molecule has 1 aromatic carbocycles. The number of hydrogen-bond donors (Lipinski definition) is 2. The highest BCUT2D eigenvalue weighted by Crippen LogP contribution is 2.22. The van der Waals surface area contributed by atoms with E-state index >= 15 is 0 Å². The quantitative estimate of drug-likeness (QED) is 0.679. The van der Waals surface area contributed by atoms with E-state index in [1.54, 1.807) is 6.20 Å². The number of carbonyl (C=O) groups excluding carboxylic acids is 1. The number of fused-ring (bicyclic) bond motifs is 1. The van der Waals surface area contributed by atoms with Crippen LogP contribution in [0, 0.1) is 0 Å². The molecule has 0 spiro atoms. The summed E-state index contributed by atoms with van der Waals surface area (Å²) in [5.74, 6) is -0.0979. The van der Waals surface area contributed by atoms with Crippen molar-refractivity contribution >= 4 is 5.91 Å². The lowest BCUT2D eigenvalue weighted by Crippen LogP contribution is -2.26. The largest absolute Gasteiger partial charge is 0.352 e. The van der Waals surface area contributed by atoms with Crippen molar-refractivity contribution in [1.29, 1.82) is 0 Å². The molecular weight excluding hydrogens is 364 g/mol. The molecule has 0 fully saturated rings. The first kappa shape index (κ1) is 19.1. The Hall–Kier alpha value is -3.28. The third kappa shape index (κ3) is 4.59. The van der Waals surface area contributed by atoms with Gasteiger partial charge >= 0.3 is 0 Å². The molecule has 4 rings (SSSR count). The van der Waals surface area contributed by atoms with Crippen LogP contribution in [0.15, 0.2) is 53.5 Å². The SMILES string of the molecule is O=C(NCCc1ccccn1)c1cccc(Cc2n[nH]c(=O)c3c2CCCC3)c1. The number of hydrogen-bond acceptors (Lipinski definition) is 4. The summed E-state index contributed by atoms with van der Waals surface area (Å²) in [6, 6.07) is 13.4. The Morgan fingerprint density at radius 3 is 2.76 bits per heavy atom. The Kier molecular flexibility index (Phi) is 5.79. The zero-order chi connectivity index (χ0) is 20.1. The first-order valence-electron chi connectivity index (χ1n) is 10.1. The molecule has 1 aliphatic carbocycles. The van der Waals surface area contributed by atoms with Crippen molar-refractivity contribution < 1.29 is 4.79 Å². The molecule has 0 aliphatic heterocycles. The summed E-state index contributed by atoms with van der Waals surface area (Å²) in [5, 5.41) is 9.89. The van der Waals surface area contributed by atoms with Crippen molar-refractivity contribution in [3.05, 3.63) is 92.7 Å². The summed E-state index contributed by atoms with van der Waals surface area (Å²) in [6.45, 7) is 0.537. The first-order valence-corrected chi connectivity index (χ1v) is 10.1. The molecule has 1 aliphatic rings. The predicted molar refractivity (Wildman–Crippen MR) is 111 cm³/mol. The normalized spacial score (nSPS) is 13.0. The maximum atomic E-state index is 12.5. The van der Waals surface area contributed by atoms with Gasteiger partial charge in [0.1, 0.15) is 0 Å². The van der Waals surface area contributed by atoms with Crippen LogP contribution >= 0.6 is 0 Å². The van der Waals surface area contributed by atoms with Gasteiger partial charge in [-0.2, -0.15) is 5.10 Å². The lowest BCUT2D eigenvalue weighted by Gasteiger charge is -2.17. The van der Waals surface area contributed by atoms with Gasteiger partial charge in [0.15, 0.2) is 0 Å². The van der Waals surface area contributed by atoms with Gasteiger partial charge in [-0.1, -0.05) is 18.2 Å². The smallest absolute Gasteiger partial charge is 0.267 e. The maximum Gasteiger partial charge on any atom is 0.267 e. The minimum atomic E-state index is -0.0979. The summed E-state index contributed by atoms with van der Waals surface area (Å²) >= 11 is 0. The monoisotopic (exact) mass is 388 g/mol. The van der Waals surface area contributed by atoms with Crippen LogP contribution in [0.5, 0.6) is 0 Å². The fraction of sp³-hybridized carbons (Fsp3) is 0.304. The summed E-state index contributed by atoms with van der Waals surface area (Å²) in [5.41, 5.74) is 5.40. The second-order valence-corrected chi connectivity index (χ2v) is 7.37. The minimum absolute atomic E-state index is 0.0653. The van der Waals surface area contributed by atoms with E-state index in [2.05, 4.69) is 20.5 Å². The number of nitrogens with one attached hydrogen (secondary N) is 2. The van der Waals surface area contributed by atoms with Crippen molar-refractivity contribution in [3.63, 3.8) is 0 Å². The van der Waals surface area contributed by atoms with Gasteiger partial charge in [-0.25, -0.2) is 5.10 Å². The predicted octanol–water partition coefficient (Wildman–Crippen LogP) is 2.61. The molecule has 6 heteroatoms. The number of rotatable bonds is 6. The molecule has 0 unspecified atom stereocenters. The third-order valence-corrected chi connectivity index (χ3v) is 5.34. The first-order chi connectivity index (χ1) is 14.2. The molecule has 6 nitrogen and oxygen atoms in total.